The Morgan fingerprint density at radius 1 is 1.03 bits per heavy atom. The third-order valence-electron chi connectivity index (χ3n) is 7.57. The molecular weight excluding hydrogens is 499 g/mol. The molecule has 6 N–H and O–H groups in total. The van der Waals surface area contributed by atoms with Crippen LogP contribution in [0.15, 0.2) is 18.2 Å². The zero-order chi connectivity index (χ0) is 25.9. The number of carbonyl (C=O) groups excluding carboxylic acids is 1. The molecule has 1 aromatic carbocycles. The molecule has 5 rings (SSSR count). The molecule has 1 saturated heterocycles. The first-order valence-electron chi connectivity index (χ1n) is 11.8. The largest absolute Gasteiger partial charge is 0.466 e. The zero-order valence-electron chi connectivity index (χ0n) is 19.7. The predicted octanol–water partition coefficient (Wildman–Crippen LogP) is 1.54. The number of hydrogen-bond donors (Lipinski definition) is 6. The number of ketones is 1. The van der Waals surface area contributed by atoms with Gasteiger partial charge in [0.05, 0.1) is 0 Å². The van der Waals surface area contributed by atoms with Crippen molar-refractivity contribution in [1.29, 1.82) is 0 Å². The lowest BCUT2D eigenvalue weighted by atomic mass is 9.55. The van der Waals surface area contributed by atoms with Crippen LogP contribution in [0, 0.1) is 17.3 Å². The number of benzene rings is 1. The van der Waals surface area contributed by atoms with Gasteiger partial charge in [-0.3, -0.25) is 9.35 Å². The third-order valence-corrected chi connectivity index (χ3v) is 7.97. The second-order valence-corrected chi connectivity index (χ2v) is 11.8. The summed E-state index contributed by atoms with van der Waals surface area (Å²) in [6, 6.07) is 5.28. The molecule has 4 atom stereocenters. The summed E-state index contributed by atoms with van der Waals surface area (Å²) in [5.74, 6) is 2.05. The summed E-state index contributed by atoms with van der Waals surface area (Å²) in [7, 11) is -9.13. The Morgan fingerprint density at radius 3 is 2.17 bits per heavy atom. The van der Waals surface area contributed by atoms with E-state index in [1.54, 1.807) is 12.1 Å². The predicted molar refractivity (Wildman–Crippen MR) is 128 cm³/mol. The van der Waals surface area contributed by atoms with Crippen LogP contribution in [0.4, 0.5) is 0 Å². The Balaban J connectivity index is 0.000000259. The van der Waals surface area contributed by atoms with Crippen molar-refractivity contribution in [1.82, 2.24) is 10.6 Å². The maximum atomic E-state index is 12.3. The van der Waals surface area contributed by atoms with Crippen LogP contribution < -0.4 is 14.8 Å². The molecule has 1 aliphatic heterocycles. The second-order valence-electron chi connectivity index (χ2n) is 9.72. The summed E-state index contributed by atoms with van der Waals surface area (Å²) in [5.41, 5.74) is 2.23. The van der Waals surface area contributed by atoms with Gasteiger partial charge in [0.2, 0.25) is 0 Å². The third kappa shape index (κ3) is 7.80. The maximum absolute atomic E-state index is 12.3. The van der Waals surface area contributed by atoms with E-state index in [1.807, 2.05) is 6.07 Å². The van der Waals surface area contributed by atoms with Gasteiger partial charge in [-0.2, -0.15) is 8.42 Å². The van der Waals surface area contributed by atoms with Crippen molar-refractivity contribution in [2.75, 3.05) is 26.2 Å². The first kappa shape index (κ1) is 28.2. The molecule has 198 valence electrons. The monoisotopic (exact) mass is 534 g/mol. The highest BCUT2D eigenvalue weighted by Gasteiger charge is 2.54. The Kier molecular flexibility index (Phi) is 9.15. The van der Waals surface area contributed by atoms with Gasteiger partial charge in [-0.1, -0.05) is 13.0 Å². The van der Waals surface area contributed by atoms with Crippen molar-refractivity contribution in [2.24, 2.45) is 17.3 Å². The minimum atomic E-state index is -4.64. The molecule has 1 aromatic rings. The lowest BCUT2D eigenvalue weighted by Crippen LogP contribution is -2.42. The summed E-state index contributed by atoms with van der Waals surface area (Å²) in [5, 5.41) is 6.44. The number of Topliss-reactive ketones (excluding diaryl/α,β-unsaturated/α-hetero) is 1. The minimum absolute atomic E-state index is 0.132. The van der Waals surface area contributed by atoms with E-state index in [0.29, 0.717) is 23.5 Å². The first-order chi connectivity index (χ1) is 16.3. The number of nitrogens with one attached hydrogen (secondary N) is 2. The highest BCUT2D eigenvalue weighted by atomic mass is 32.3. The summed E-state index contributed by atoms with van der Waals surface area (Å²) in [4.78, 5) is 33.9. The Morgan fingerprint density at radius 2 is 1.63 bits per heavy atom. The van der Waals surface area contributed by atoms with Crippen LogP contribution in [0.25, 0.3) is 0 Å². The van der Waals surface area contributed by atoms with E-state index in [0.717, 1.165) is 70.3 Å². The van der Waals surface area contributed by atoms with Gasteiger partial charge in [0, 0.05) is 38.0 Å². The van der Waals surface area contributed by atoms with Gasteiger partial charge in [0.1, 0.15) is 11.5 Å². The van der Waals surface area contributed by atoms with E-state index in [4.69, 9.17) is 23.8 Å². The van der Waals surface area contributed by atoms with E-state index in [1.165, 1.54) is 5.56 Å². The van der Waals surface area contributed by atoms with Crippen molar-refractivity contribution < 1.29 is 41.2 Å². The van der Waals surface area contributed by atoms with Crippen LogP contribution in [-0.4, -0.2) is 59.6 Å². The summed E-state index contributed by atoms with van der Waals surface area (Å²) < 4.78 is 44.1. The minimum Gasteiger partial charge on any atom is -0.362 e. The Bertz CT molecular complexity index is 1040. The molecule has 13 heteroatoms. The molecule has 3 aliphatic carbocycles. The van der Waals surface area contributed by atoms with E-state index < -0.39 is 18.2 Å². The Hall–Kier alpha value is -1.37. The maximum Gasteiger partial charge on any atom is 0.466 e. The molecule has 11 nitrogen and oxygen atoms in total. The lowest BCUT2D eigenvalue weighted by Gasteiger charge is -2.48. The number of phosphoric acid groups is 1. The standard InChI is InChI=1S/C18H22O5S.C4H10N2.H3O4P/c1-18-9-8-14-13-5-3-12(23-24(20,21)22)10-11(13)2-4-15(14)16(18)6-7-17(18)19;1-2-6-4-3-5-1;1-5(2,3)4/h3,5,10,14-16H,2,4,6-9H2,1H3,(H,20,21,22);5-6H,1-4H2;(H3,1,2,3,4)/t14-,15-,16+,18+;;/m1../s1. The molecule has 0 amide bonds. The normalized spacial score (nSPS) is 29.9. The van der Waals surface area contributed by atoms with Gasteiger partial charge in [-0.25, -0.2) is 4.57 Å². The van der Waals surface area contributed by atoms with Crippen LogP contribution in [0.1, 0.15) is 56.1 Å². The van der Waals surface area contributed by atoms with Crippen LogP contribution in [0.3, 0.4) is 0 Å². The fourth-order valence-electron chi connectivity index (χ4n) is 6.11. The van der Waals surface area contributed by atoms with Crippen molar-refractivity contribution in [3.63, 3.8) is 0 Å². The number of hydrogen-bond acceptors (Lipinski definition) is 7. The van der Waals surface area contributed by atoms with E-state index in [-0.39, 0.29) is 11.2 Å². The fraction of sp³-hybridized carbons (Fsp3) is 0.682. The van der Waals surface area contributed by atoms with Crippen molar-refractivity contribution in [3.05, 3.63) is 29.3 Å². The van der Waals surface area contributed by atoms with Gasteiger partial charge < -0.3 is 29.5 Å². The number of aryl methyl sites for hydroxylation is 1. The number of piperazine rings is 1. The topological polar surface area (TPSA) is 182 Å². The number of fused-ring (bicyclic) bond motifs is 5. The fourth-order valence-corrected chi connectivity index (χ4v) is 6.45. The molecule has 0 bridgehead atoms. The van der Waals surface area contributed by atoms with Crippen molar-refractivity contribution in [2.45, 2.75) is 51.4 Å². The van der Waals surface area contributed by atoms with Gasteiger partial charge >= 0.3 is 18.2 Å². The molecule has 0 spiro atoms. The van der Waals surface area contributed by atoms with Crippen LogP contribution in [0.5, 0.6) is 5.75 Å². The average molecular weight is 535 g/mol. The number of carbonyl (C=O) groups is 1. The highest BCUT2D eigenvalue weighted by Crippen LogP contribution is 2.59. The lowest BCUT2D eigenvalue weighted by molar-refractivity contribution is -0.129. The molecule has 35 heavy (non-hydrogen) atoms. The van der Waals surface area contributed by atoms with Crippen molar-refractivity contribution >= 4 is 24.0 Å². The van der Waals surface area contributed by atoms with E-state index >= 15 is 0 Å². The number of rotatable bonds is 2. The van der Waals surface area contributed by atoms with Crippen LogP contribution >= 0.6 is 7.82 Å². The molecule has 0 radical (unpaired) electrons. The molecule has 0 unspecified atom stereocenters. The summed E-state index contributed by atoms with van der Waals surface area (Å²) in [6.07, 6.45) is 5.57. The molecule has 4 aliphatic rings. The van der Waals surface area contributed by atoms with Crippen molar-refractivity contribution in [3.8, 4) is 5.75 Å². The van der Waals surface area contributed by atoms with Crippen LogP contribution in [-0.2, 0) is 26.2 Å². The van der Waals surface area contributed by atoms with E-state index in [2.05, 4.69) is 21.7 Å². The molecule has 1 heterocycles. The van der Waals surface area contributed by atoms with Gasteiger partial charge in [0.25, 0.3) is 0 Å². The average Bonchev–Trinajstić information content (AvgIpc) is 3.07. The van der Waals surface area contributed by atoms with Gasteiger partial charge in [-0.15, -0.1) is 0 Å². The summed E-state index contributed by atoms with van der Waals surface area (Å²) >= 11 is 0. The smallest absolute Gasteiger partial charge is 0.362 e. The van der Waals surface area contributed by atoms with Crippen LogP contribution in [0.2, 0.25) is 0 Å². The molecule has 0 aromatic heterocycles. The Labute approximate surface area is 205 Å². The molecular formula is C22H35N2O9PS. The zero-order valence-corrected chi connectivity index (χ0v) is 21.4. The quantitative estimate of drug-likeness (QED) is 0.239. The van der Waals surface area contributed by atoms with E-state index in [9.17, 15) is 13.2 Å². The summed E-state index contributed by atoms with van der Waals surface area (Å²) in [6.45, 7) is 6.71. The molecule has 3 fully saturated rings. The van der Waals surface area contributed by atoms with Gasteiger partial charge in [0.15, 0.2) is 0 Å². The molecule has 2 saturated carbocycles. The van der Waals surface area contributed by atoms with Gasteiger partial charge in [-0.05, 0) is 73.1 Å². The SMILES string of the molecule is C1CNCCN1.C[C@]12CC[C@@H]3c4ccc(OS(=O)(=O)O)cc4CC[C@H]3[C@@H]1CCC2=O.O=P(O)(O)O. The second kappa shape index (κ2) is 11.4. The highest BCUT2D eigenvalue weighted by molar-refractivity contribution is 7.81. The first-order valence-corrected chi connectivity index (χ1v) is 14.7.